The highest BCUT2D eigenvalue weighted by Crippen LogP contribution is 2.11. The number of rotatable bonds is 6. The first-order chi connectivity index (χ1) is 12.0. The number of hydrogen-bond donors (Lipinski definition) is 3. The number of guanidine groups is 1. The molecule has 0 fully saturated rings. The summed E-state index contributed by atoms with van der Waals surface area (Å²) in [5, 5.41) is 6.46. The maximum absolute atomic E-state index is 11.9. The van der Waals surface area contributed by atoms with E-state index in [1.807, 2.05) is 18.2 Å². The van der Waals surface area contributed by atoms with Gasteiger partial charge in [-0.25, -0.2) is 13.1 Å². The molecule has 0 saturated heterocycles. The minimum atomic E-state index is -3.44. The average molecular weight is 360 g/mol. The normalized spacial score (nSPS) is 12.0. The summed E-state index contributed by atoms with van der Waals surface area (Å²) in [6.45, 7) is 3.21. The van der Waals surface area contributed by atoms with Crippen molar-refractivity contribution >= 4 is 16.0 Å². The lowest BCUT2D eigenvalue weighted by Gasteiger charge is -2.13. The molecule has 0 radical (unpaired) electrons. The van der Waals surface area contributed by atoms with Gasteiger partial charge in [0.15, 0.2) is 5.96 Å². The van der Waals surface area contributed by atoms with Gasteiger partial charge >= 0.3 is 0 Å². The third kappa shape index (κ3) is 5.30. The molecule has 6 nitrogen and oxygen atoms in total. The summed E-state index contributed by atoms with van der Waals surface area (Å²) in [5.41, 5.74) is 3.28. The van der Waals surface area contributed by atoms with E-state index < -0.39 is 10.0 Å². The zero-order chi connectivity index (χ0) is 18.3. The standard InChI is InChI=1S/C18H24N4O2S/c1-14-7-4-5-9-16(14)13-22-18(19-2)21-12-15-8-6-10-17(11-15)25(23,24)20-3/h4-11,20H,12-13H2,1-3H3,(H2,19,21,22). The molecule has 2 aromatic rings. The lowest BCUT2D eigenvalue weighted by atomic mass is 10.1. The van der Waals surface area contributed by atoms with Crippen LogP contribution in [0.3, 0.4) is 0 Å². The Kier molecular flexibility index (Phi) is 6.55. The fourth-order valence-corrected chi connectivity index (χ4v) is 3.13. The van der Waals surface area contributed by atoms with E-state index in [1.54, 1.807) is 25.2 Å². The van der Waals surface area contributed by atoms with Crippen LogP contribution in [0.25, 0.3) is 0 Å². The fourth-order valence-electron chi connectivity index (χ4n) is 2.33. The van der Waals surface area contributed by atoms with Gasteiger partial charge in [0.1, 0.15) is 0 Å². The van der Waals surface area contributed by atoms with Crippen LogP contribution in [-0.2, 0) is 23.1 Å². The summed E-state index contributed by atoms with van der Waals surface area (Å²) < 4.78 is 26.1. The maximum Gasteiger partial charge on any atom is 0.240 e. The van der Waals surface area contributed by atoms with Crippen LogP contribution >= 0.6 is 0 Å². The monoisotopic (exact) mass is 360 g/mol. The first-order valence-corrected chi connectivity index (χ1v) is 9.46. The van der Waals surface area contributed by atoms with E-state index in [2.05, 4.69) is 39.4 Å². The van der Waals surface area contributed by atoms with E-state index >= 15 is 0 Å². The van der Waals surface area contributed by atoms with Crippen LogP contribution in [0, 0.1) is 6.92 Å². The SMILES string of the molecule is CN=C(NCc1cccc(S(=O)(=O)NC)c1)NCc1ccccc1C. The summed E-state index contributed by atoms with van der Waals surface area (Å²) in [5.74, 6) is 0.658. The van der Waals surface area contributed by atoms with E-state index in [9.17, 15) is 8.42 Å². The fraction of sp³-hybridized carbons (Fsp3) is 0.278. The number of hydrogen-bond acceptors (Lipinski definition) is 3. The van der Waals surface area contributed by atoms with Gasteiger partial charge in [-0.3, -0.25) is 4.99 Å². The highest BCUT2D eigenvalue weighted by atomic mass is 32.2. The molecule has 7 heteroatoms. The van der Waals surface area contributed by atoms with Crippen molar-refractivity contribution in [1.82, 2.24) is 15.4 Å². The van der Waals surface area contributed by atoms with Crippen molar-refractivity contribution in [3.05, 3.63) is 65.2 Å². The van der Waals surface area contributed by atoms with Crippen molar-refractivity contribution in [1.29, 1.82) is 0 Å². The van der Waals surface area contributed by atoms with Crippen molar-refractivity contribution < 1.29 is 8.42 Å². The molecule has 0 aliphatic rings. The van der Waals surface area contributed by atoms with Crippen LogP contribution in [0.4, 0.5) is 0 Å². The van der Waals surface area contributed by atoms with Crippen molar-refractivity contribution in [2.75, 3.05) is 14.1 Å². The van der Waals surface area contributed by atoms with E-state index in [0.717, 1.165) is 5.56 Å². The largest absolute Gasteiger partial charge is 0.352 e. The van der Waals surface area contributed by atoms with Crippen LogP contribution < -0.4 is 15.4 Å². The Bertz CT molecular complexity index is 848. The number of aliphatic imine (C=N–C) groups is 1. The summed E-state index contributed by atoms with van der Waals surface area (Å²) in [6, 6.07) is 15.0. The van der Waals surface area contributed by atoms with Gasteiger partial charge in [-0.2, -0.15) is 0 Å². The number of nitrogens with zero attached hydrogens (tertiary/aromatic N) is 1. The molecule has 0 atom stereocenters. The van der Waals surface area contributed by atoms with Crippen LogP contribution in [0.2, 0.25) is 0 Å². The molecule has 0 bridgehead atoms. The van der Waals surface area contributed by atoms with E-state index in [0.29, 0.717) is 19.0 Å². The van der Waals surface area contributed by atoms with Crippen LogP contribution in [0.1, 0.15) is 16.7 Å². The minimum Gasteiger partial charge on any atom is -0.352 e. The molecule has 0 heterocycles. The molecule has 3 N–H and O–H groups in total. The smallest absolute Gasteiger partial charge is 0.240 e. The summed E-state index contributed by atoms with van der Waals surface area (Å²) in [4.78, 5) is 4.45. The first-order valence-electron chi connectivity index (χ1n) is 7.98. The third-order valence-corrected chi connectivity index (χ3v) is 5.28. The predicted octanol–water partition coefficient (Wildman–Crippen LogP) is 1.77. The Morgan fingerprint density at radius 2 is 1.76 bits per heavy atom. The van der Waals surface area contributed by atoms with E-state index in [-0.39, 0.29) is 4.90 Å². The second kappa shape index (κ2) is 8.64. The zero-order valence-corrected chi connectivity index (χ0v) is 15.5. The number of nitrogens with one attached hydrogen (secondary N) is 3. The molecule has 0 saturated carbocycles. The molecule has 0 spiro atoms. The molecule has 25 heavy (non-hydrogen) atoms. The topological polar surface area (TPSA) is 82.6 Å². The lowest BCUT2D eigenvalue weighted by molar-refractivity contribution is 0.588. The lowest BCUT2D eigenvalue weighted by Crippen LogP contribution is -2.36. The van der Waals surface area contributed by atoms with Gasteiger partial charge in [0.2, 0.25) is 10.0 Å². The molecule has 2 aromatic carbocycles. The number of benzene rings is 2. The molecule has 0 aromatic heterocycles. The minimum absolute atomic E-state index is 0.247. The van der Waals surface area contributed by atoms with Crippen molar-refractivity contribution in [3.8, 4) is 0 Å². The van der Waals surface area contributed by atoms with Gasteiger partial charge in [-0.15, -0.1) is 0 Å². The Morgan fingerprint density at radius 3 is 2.44 bits per heavy atom. The number of aryl methyl sites for hydroxylation is 1. The Morgan fingerprint density at radius 1 is 1.04 bits per heavy atom. The van der Waals surface area contributed by atoms with Crippen LogP contribution in [0.15, 0.2) is 58.4 Å². The quantitative estimate of drug-likeness (QED) is 0.542. The Hall–Kier alpha value is -2.38. The van der Waals surface area contributed by atoms with Crippen LogP contribution in [0.5, 0.6) is 0 Å². The molecular weight excluding hydrogens is 336 g/mol. The van der Waals surface area contributed by atoms with Crippen molar-refractivity contribution in [2.45, 2.75) is 24.9 Å². The van der Waals surface area contributed by atoms with Crippen molar-refractivity contribution in [2.24, 2.45) is 4.99 Å². The molecule has 2 rings (SSSR count). The maximum atomic E-state index is 11.9. The molecular formula is C18H24N4O2S. The van der Waals surface area contributed by atoms with Gasteiger partial charge < -0.3 is 10.6 Å². The van der Waals surface area contributed by atoms with E-state index in [4.69, 9.17) is 0 Å². The van der Waals surface area contributed by atoms with Crippen LogP contribution in [-0.4, -0.2) is 28.5 Å². The first kappa shape index (κ1) is 19.0. The van der Waals surface area contributed by atoms with Crippen molar-refractivity contribution in [3.63, 3.8) is 0 Å². The van der Waals surface area contributed by atoms with Gasteiger partial charge in [0, 0.05) is 20.1 Å². The second-order valence-electron chi connectivity index (χ2n) is 5.56. The second-order valence-corrected chi connectivity index (χ2v) is 7.45. The highest BCUT2D eigenvalue weighted by Gasteiger charge is 2.11. The molecule has 134 valence electrons. The molecule has 0 amide bonds. The summed E-state index contributed by atoms with van der Waals surface area (Å²) >= 11 is 0. The van der Waals surface area contributed by atoms with Gasteiger partial charge in [-0.05, 0) is 42.8 Å². The Balaban J connectivity index is 1.97. The van der Waals surface area contributed by atoms with E-state index in [1.165, 1.54) is 18.2 Å². The predicted molar refractivity (Wildman–Crippen MR) is 101 cm³/mol. The molecule has 0 unspecified atom stereocenters. The molecule has 0 aliphatic heterocycles. The van der Waals surface area contributed by atoms with Gasteiger partial charge in [0.25, 0.3) is 0 Å². The third-order valence-electron chi connectivity index (χ3n) is 3.87. The Labute approximate surface area is 149 Å². The summed E-state index contributed by atoms with van der Waals surface area (Å²) in [6.07, 6.45) is 0. The average Bonchev–Trinajstić information content (AvgIpc) is 2.63. The zero-order valence-electron chi connectivity index (χ0n) is 14.7. The van der Waals surface area contributed by atoms with Gasteiger partial charge in [0.05, 0.1) is 4.90 Å². The number of sulfonamides is 1. The highest BCUT2D eigenvalue weighted by molar-refractivity contribution is 7.89. The molecule has 0 aliphatic carbocycles. The summed E-state index contributed by atoms with van der Waals surface area (Å²) in [7, 11) is -0.336. The van der Waals surface area contributed by atoms with Gasteiger partial charge in [-0.1, -0.05) is 36.4 Å².